The molecule has 0 bridgehead atoms. The molecule has 1 amide bonds. The second kappa shape index (κ2) is 7.68. The lowest BCUT2D eigenvalue weighted by Gasteiger charge is -2.17. The van der Waals surface area contributed by atoms with Crippen molar-refractivity contribution in [3.05, 3.63) is 35.9 Å². The van der Waals surface area contributed by atoms with E-state index in [1.54, 1.807) is 24.3 Å². The Bertz CT molecular complexity index is 442. The van der Waals surface area contributed by atoms with Crippen molar-refractivity contribution in [1.82, 2.24) is 5.32 Å². The van der Waals surface area contributed by atoms with Gasteiger partial charge >= 0.3 is 5.97 Å². The topological polar surface area (TPSA) is 66.4 Å². The first kappa shape index (κ1) is 16.2. The molecule has 2 N–H and O–H groups in total. The second-order valence-electron chi connectivity index (χ2n) is 5.53. The van der Waals surface area contributed by atoms with Gasteiger partial charge in [-0.25, -0.2) is 0 Å². The molecule has 20 heavy (non-hydrogen) atoms. The van der Waals surface area contributed by atoms with Gasteiger partial charge in [-0.1, -0.05) is 51.1 Å². The number of carboxylic acid groups (broad SMARTS) is 1. The highest BCUT2D eigenvalue weighted by molar-refractivity contribution is 5.79. The van der Waals surface area contributed by atoms with E-state index in [1.165, 1.54) is 0 Å². The standard InChI is InChI=1S/C16H23NO3/c1-11(2)12(3)9-15(18)17-10-14(16(19)20)13-7-5-4-6-8-13/h4-8,11-12,14H,9-10H2,1-3H3,(H,17,18)(H,19,20). The summed E-state index contributed by atoms with van der Waals surface area (Å²) in [5, 5.41) is 12.0. The van der Waals surface area contributed by atoms with E-state index in [0.29, 0.717) is 17.9 Å². The Morgan fingerprint density at radius 3 is 2.25 bits per heavy atom. The number of benzene rings is 1. The molecule has 0 heterocycles. The summed E-state index contributed by atoms with van der Waals surface area (Å²) in [6.45, 7) is 6.29. The van der Waals surface area contributed by atoms with Gasteiger partial charge in [0.05, 0.1) is 5.92 Å². The lowest BCUT2D eigenvalue weighted by Crippen LogP contribution is -2.33. The maximum absolute atomic E-state index is 11.8. The van der Waals surface area contributed by atoms with Gasteiger partial charge in [0.2, 0.25) is 5.91 Å². The molecule has 1 aromatic carbocycles. The molecule has 0 aromatic heterocycles. The number of amides is 1. The summed E-state index contributed by atoms with van der Waals surface area (Å²) in [6.07, 6.45) is 0.429. The smallest absolute Gasteiger partial charge is 0.312 e. The van der Waals surface area contributed by atoms with E-state index in [2.05, 4.69) is 19.2 Å². The number of carbonyl (C=O) groups excluding carboxylic acids is 1. The summed E-state index contributed by atoms with van der Waals surface area (Å²) in [6, 6.07) is 8.97. The third kappa shape index (κ3) is 5.03. The highest BCUT2D eigenvalue weighted by Crippen LogP contribution is 2.16. The SMILES string of the molecule is CC(C)C(C)CC(=O)NCC(C(=O)O)c1ccccc1. The van der Waals surface area contributed by atoms with E-state index in [4.69, 9.17) is 0 Å². The summed E-state index contributed by atoms with van der Waals surface area (Å²) in [5.74, 6) is -0.989. The Balaban J connectivity index is 2.57. The van der Waals surface area contributed by atoms with E-state index in [0.717, 1.165) is 0 Å². The lowest BCUT2D eigenvalue weighted by atomic mass is 9.94. The summed E-state index contributed by atoms with van der Waals surface area (Å²) in [4.78, 5) is 23.1. The molecule has 4 nitrogen and oxygen atoms in total. The number of rotatable bonds is 7. The van der Waals surface area contributed by atoms with Crippen molar-refractivity contribution in [2.75, 3.05) is 6.54 Å². The van der Waals surface area contributed by atoms with E-state index < -0.39 is 11.9 Å². The first-order valence-electron chi connectivity index (χ1n) is 6.96. The van der Waals surface area contributed by atoms with Crippen LogP contribution in [-0.2, 0) is 9.59 Å². The zero-order valence-electron chi connectivity index (χ0n) is 12.3. The molecule has 1 aromatic rings. The maximum Gasteiger partial charge on any atom is 0.312 e. The van der Waals surface area contributed by atoms with Crippen LogP contribution in [0.15, 0.2) is 30.3 Å². The zero-order chi connectivity index (χ0) is 15.1. The quantitative estimate of drug-likeness (QED) is 0.805. The Morgan fingerprint density at radius 2 is 1.75 bits per heavy atom. The minimum atomic E-state index is -0.923. The highest BCUT2D eigenvalue weighted by Gasteiger charge is 2.21. The minimum absolute atomic E-state index is 0.0895. The molecule has 0 aliphatic rings. The number of hydrogen-bond acceptors (Lipinski definition) is 2. The fraction of sp³-hybridized carbons (Fsp3) is 0.500. The predicted octanol–water partition coefficient (Wildman–Crippen LogP) is 2.65. The monoisotopic (exact) mass is 277 g/mol. The van der Waals surface area contributed by atoms with Crippen molar-refractivity contribution >= 4 is 11.9 Å². The largest absolute Gasteiger partial charge is 0.481 e. The Labute approximate surface area is 120 Å². The number of carbonyl (C=O) groups is 2. The van der Waals surface area contributed by atoms with Crippen LogP contribution < -0.4 is 5.32 Å². The molecule has 1 rings (SSSR count). The van der Waals surface area contributed by atoms with Crippen LogP contribution in [0.5, 0.6) is 0 Å². The van der Waals surface area contributed by atoms with Crippen LogP contribution in [0.25, 0.3) is 0 Å². The molecule has 0 aliphatic carbocycles. The summed E-state index contributed by atoms with van der Waals surface area (Å²) < 4.78 is 0. The third-order valence-corrected chi connectivity index (χ3v) is 3.65. The van der Waals surface area contributed by atoms with Crippen molar-refractivity contribution in [2.45, 2.75) is 33.1 Å². The molecular weight excluding hydrogens is 254 g/mol. The van der Waals surface area contributed by atoms with Crippen LogP contribution in [0.2, 0.25) is 0 Å². The maximum atomic E-state index is 11.8. The van der Waals surface area contributed by atoms with E-state index in [1.807, 2.05) is 13.0 Å². The van der Waals surface area contributed by atoms with E-state index in [-0.39, 0.29) is 18.4 Å². The van der Waals surface area contributed by atoms with Gasteiger partial charge in [-0.3, -0.25) is 9.59 Å². The molecule has 0 radical (unpaired) electrons. The van der Waals surface area contributed by atoms with Crippen LogP contribution in [0.1, 0.15) is 38.7 Å². The minimum Gasteiger partial charge on any atom is -0.481 e. The fourth-order valence-electron chi connectivity index (χ4n) is 1.85. The molecule has 4 heteroatoms. The van der Waals surface area contributed by atoms with Gasteiger partial charge in [0.1, 0.15) is 0 Å². The van der Waals surface area contributed by atoms with Crippen molar-refractivity contribution in [1.29, 1.82) is 0 Å². The van der Waals surface area contributed by atoms with Crippen LogP contribution in [0.3, 0.4) is 0 Å². The molecule has 2 atom stereocenters. The number of aliphatic carboxylic acids is 1. The van der Waals surface area contributed by atoms with Crippen molar-refractivity contribution in [3.8, 4) is 0 Å². The summed E-state index contributed by atoms with van der Waals surface area (Å²) in [5.41, 5.74) is 0.706. The molecule has 0 saturated heterocycles. The van der Waals surface area contributed by atoms with Crippen molar-refractivity contribution in [3.63, 3.8) is 0 Å². The van der Waals surface area contributed by atoms with Crippen LogP contribution in [0.4, 0.5) is 0 Å². The number of hydrogen-bond donors (Lipinski definition) is 2. The zero-order valence-corrected chi connectivity index (χ0v) is 12.3. The van der Waals surface area contributed by atoms with E-state index >= 15 is 0 Å². The van der Waals surface area contributed by atoms with Gasteiger partial charge in [0, 0.05) is 13.0 Å². The summed E-state index contributed by atoms with van der Waals surface area (Å²) >= 11 is 0. The number of nitrogens with one attached hydrogen (secondary N) is 1. The molecule has 0 aliphatic heterocycles. The predicted molar refractivity (Wildman–Crippen MR) is 78.4 cm³/mol. The van der Waals surface area contributed by atoms with Crippen molar-refractivity contribution in [2.24, 2.45) is 11.8 Å². The third-order valence-electron chi connectivity index (χ3n) is 3.65. The van der Waals surface area contributed by atoms with Gasteiger partial charge in [-0.2, -0.15) is 0 Å². The van der Waals surface area contributed by atoms with Gasteiger partial charge in [0.15, 0.2) is 0 Å². The Morgan fingerprint density at radius 1 is 1.15 bits per heavy atom. The normalized spacial score (nSPS) is 13.8. The van der Waals surface area contributed by atoms with Gasteiger partial charge in [0.25, 0.3) is 0 Å². The fourth-order valence-corrected chi connectivity index (χ4v) is 1.85. The van der Waals surface area contributed by atoms with Crippen LogP contribution in [-0.4, -0.2) is 23.5 Å². The van der Waals surface area contributed by atoms with Gasteiger partial charge in [-0.15, -0.1) is 0 Å². The molecule has 2 unspecified atom stereocenters. The van der Waals surface area contributed by atoms with Crippen molar-refractivity contribution < 1.29 is 14.7 Å². The second-order valence-corrected chi connectivity index (χ2v) is 5.53. The van der Waals surface area contributed by atoms with Crippen LogP contribution in [0, 0.1) is 11.8 Å². The average Bonchev–Trinajstić information content (AvgIpc) is 2.39. The average molecular weight is 277 g/mol. The molecular formula is C16H23NO3. The van der Waals surface area contributed by atoms with Crippen LogP contribution >= 0.6 is 0 Å². The first-order valence-corrected chi connectivity index (χ1v) is 6.96. The van der Waals surface area contributed by atoms with E-state index in [9.17, 15) is 14.7 Å². The number of carboxylic acids is 1. The van der Waals surface area contributed by atoms with Gasteiger partial charge in [-0.05, 0) is 17.4 Å². The van der Waals surface area contributed by atoms with Gasteiger partial charge < -0.3 is 10.4 Å². The Hall–Kier alpha value is -1.84. The first-order chi connectivity index (χ1) is 9.41. The molecule has 0 fully saturated rings. The lowest BCUT2D eigenvalue weighted by molar-refractivity contribution is -0.138. The molecule has 0 saturated carbocycles. The Kier molecular flexibility index (Phi) is 6.22. The highest BCUT2D eigenvalue weighted by atomic mass is 16.4. The molecule has 110 valence electrons. The summed E-state index contributed by atoms with van der Waals surface area (Å²) in [7, 11) is 0. The molecule has 0 spiro atoms.